The number of halogens is 2. The average Bonchev–Trinajstić information content (AvgIpc) is 3.02. The molecule has 2 saturated heterocycles. The van der Waals surface area contributed by atoms with Crippen molar-refractivity contribution in [1.82, 2.24) is 9.97 Å². The highest BCUT2D eigenvalue weighted by atomic mass is 19.3. The molecule has 148 valence electrons. The Bertz CT molecular complexity index is 773. The van der Waals surface area contributed by atoms with Crippen LogP contribution in [-0.2, 0) is 10.7 Å². The number of hydrogen-bond acceptors (Lipinski definition) is 6. The van der Waals surface area contributed by atoms with Gasteiger partial charge in [0.25, 0.3) is 5.92 Å². The molecule has 27 heavy (non-hydrogen) atoms. The Morgan fingerprint density at radius 2 is 1.89 bits per heavy atom. The molecule has 0 bridgehead atoms. The fraction of sp³-hybridized carbons (Fsp3) is 0.722. The lowest BCUT2D eigenvalue weighted by molar-refractivity contribution is -0.137. The van der Waals surface area contributed by atoms with Gasteiger partial charge >= 0.3 is 5.97 Å². The molecule has 0 radical (unpaired) electrons. The maximum atomic E-state index is 14.2. The molecule has 1 aromatic heterocycles. The van der Waals surface area contributed by atoms with E-state index in [1.54, 1.807) is 11.8 Å². The molecule has 0 aromatic carbocycles. The van der Waals surface area contributed by atoms with E-state index in [4.69, 9.17) is 5.11 Å². The number of rotatable bonds is 5. The quantitative estimate of drug-likeness (QED) is 0.800. The zero-order chi connectivity index (χ0) is 19.7. The maximum Gasteiger partial charge on any atom is 0.303 e. The summed E-state index contributed by atoms with van der Waals surface area (Å²) in [7, 11) is 0. The van der Waals surface area contributed by atoms with Crippen molar-refractivity contribution in [2.24, 2.45) is 17.8 Å². The summed E-state index contributed by atoms with van der Waals surface area (Å²) in [5, 5.41) is 18.7. The Balaban J connectivity index is 1.62. The van der Waals surface area contributed by atoms with E-state index in [1.165, 1.54) is 0 Å². The second kappa shape index (κ2) is 5.98. The molecular formula is C18H24F2N4O3. The van der Waals surface area contributed by atoms with E-state index < -0.39 is 18.0 Å². The third-order valence-electron chi connectivity index (χ3n) is 6.29. The fourth-order valence-electron chi connectivity index (χ4n) is 4.54. The van der Waals surface area contributed by atoms with Gasteiger partial charge in [-0.15, -0.1) is 0 Å². The van der Waals surface area contributed by atoms with Crippen LogP contribution < -0.4 is 9.80 Å². The highest BCUT2D eigenvalue weighted by Gasteiger charge is 2.56. The van der Waals surface area contributed by atoms with Gasteiger partial charge in [-0.2, -0.15) is 13.8 Å². The van der Waals surface area contributed by atoms with Crippen molar-refractivity contribution in [1.29, 1.82) is 0 Å². The van der Waals surface area contributed by atoms with Crippen LogP contribution in [0.25, 0.3) is 0 Å². The minimum Gasteiger partial charge on any atom is -0.481 e. The lowest BCUT2D eigenvalue weighted by Crippen LogP contribution is -2.59. The number of carboxylic acid groups (broad SMARTS) is 1. The van der Waals surface area contributed by atoms with E-state index >= 15 is 0 Å². The molecule has 2 aliphatic heterocycles. The lowest BCUT2D eigenvalue weighted by atomic mass is 10.0. The van der Waals surface area contributed by atoms with Crippen LogP contribution in [0.2, 0.25) is 0 Å². The monoisotopic (exact) mass is 382 g/mol. The molecule has 0 amide bonds. The molecule has 2 N–H and O–H groups in total. The van der Waals surface area contributed by atoms with Gasteiger partial charge in [0.15, 0.2) is 0 Å². The summed E-state index contributed by atoms with van der Waals surface area (Å²) >= 11 is 0. The summed E-state index contributed by atoms with van der Waals surface area (Å²) in [6, 6.07) is -0.217. The molecule has 1 aliphatic carbocycles. The third-order valence-corrected chi connectivity index (χ3v) is 6.29. The van der Waals surface area contributed by atoms with Gasteiger partial charge in [0, 0.05) is 38.5 Å². The molecule has 0 spiro atoms. The Kier molecular flexibility index (Phi) is 4.06. The van der Waals surface area contributed by atoms with Crippen molar-refractivity contribution in [3.8, 4) is 0 Å². The average molecular weight is 382 g/mol. The van der Waals surface area contributed by atoms with Crippen LogP contribution in [0.1, 0.15) is 31.5 Å². The maximum absolute atomic E-state index is 14.2. The number of aromatic nitrogens is 2. The number of hydrogen-bond donors (Lipinski definition) is 2. The SMILES string of the molecule is Cc1c(N2CC3C(CC(=O)O)C3C2)nc(N2C[C@@H](O)[C@@H]2C)nc1C(C)(F)F. The first-order valence-electron chi connectivity index (χ1n) is 9.26. The predicted molar refractivity (Wildman–Crippen MR) is 94.1 cm³/mol. The summed E-state index contributed by atoms with van der Waals surface area (Å²) in [4.78, 5) is 23.3. The summed E-state index contributed by atoms with van der Waals surface area (Å²) < 4.78 is 28.3. The first-order chi connectivity index (χ1) is 12.6. The molecule has 2 unspecified atom stereocenters. The molecule has 3 heterocycles. The first kappa shape index (κ1) is 18.3. The molecule has 9 heteroatoms. The van der Waals surface area contributed by atoms with Gasteiger partial charge in [-0.3, -0.25) is 4.79 Å². The lowest BCUT2D eigenvalue weighted by Gasteiger charge is -2.43. The van der Waals surface area contributed by atoms with Gasteiger partial charge in [0.1, 0.15) is 11.5 Å². The van der Waals surface area contributed by atoms with Crippen molar-refractivity contribution >= 4 is 17.7 Å². The predicted octanol–water partition coefficient (Wildman–Crippen LogP) is 1.62. The van der Waals surface area contributed by atoms with E-state index in [0.717, 1.165) is 6.92 Å². The minimum absolute atomic E-state index is 0.165. The van der Waals surface area contributed by atoms with Gasteiger partial charge in [0.2, 0.25) is 5.95 Å². The molecule has 1 saturated carbocycles. The number of nitrogens with zero attached hydrogens (tertiary/aromatic N) is 4. The molecule has 4 atom stereocenters. The molecule has 3 fully saturated rings. The van der Waals surface area contributed by atoms with Crippen LogP contribution >= 0.6 is 0 Å². The first-order valence-corrected chi connectivity index (χ1v) is 9.26. The molecule has 1 aromatic rings. The van der Waals surface area contributed by atoms with Crippen LogP contribution in [0.3, 0.4) is 0 Å². The molecule has 3 aliphatic rings. The van der Waals surface area contributed by atoms with Crippen LogP contribution in [0.5, 0.6) is 0 Å². The molecule has 7 nitrogen and oxygen atoms in total. The number of carboxylic acids is 1. The standard InChI is InChI=1S/C18H24F2N4O3/c1-8-15(18(3,19)20)21-17(24-7-13(25)9(24)2)22-16(8)23-5-11-10(4-14(26)27)12(11)6-23/h9-13,25H,4-7H2,1-3H3,(H,26,27)/t9-,10?,11?,12?,13+/m0/s1. The van der Waals surface area contributed by atoms with Gasteiger partial charge in [-0.05, 0) is 31.6 Å². The largest absolute Gasteiger partial charge is 0.481 e. The van der Waals surface area contributed by atoms with Crippen LogP contribution in [0, 0.1) is 24.7 Å². The van der Waals surface area contributed by atoms with E-state index in [-0.39, 0.29) is 41.9 Å². The number of anilines is 2. The number of piperidine rings is 1. The second-order valence-electron chi connectivity index (χ2n) is 8.16. The van der Waals surface area contributed by atoms with Crippen LogP contribution in [-0.4, -0.2) is 57.9 Å². The topological polar surface area (TPSA) is 89.8 Å². The molecular weight excluding hydrogens is 358 g/mol. The number of β-amino-alcohol motifs (C(OH)–C–C–N with tert-alkyl or cyclic N) is 1. The van der Waals surface area contributed by atoms with Crippen molar-refractivity contribution in [3.63, 3.8) is 0 Å². The Hall–Kier alpha value is -2.03. The molecule has 4 rings (SSSR count). The van der Waals surface area contributed by atoms with Crippen molar-refractivity contribution in [2.75, 3.05) is 29.4 Å². The summed E-state index contributed by atoms with van der Waals surface area (Å²) in [6.45, 7) is 5.83. The smallest absolute Gasteiger partial charge is 0.303 e. The van der Waals surface area contributed by atoms with Gasteiger partial charge in [0.05, 0.1) is 12.1 Å². The normalized spacial score (nSPS) is 32.3. The number of carbonyl (C=O) groups is 1. The van der Waals surface area contributed by atoms with E-state index in [2.05, 4.69) is 9.97 Å². The van der Waals surface area contributed by atoms with Gasteiger partial charge in [-0.25, -0.2) is 4.98 Å². The van der Waals surface area contributed by atoms with E-state index in [0.29, 0.717) is 31.0 Å². The van der Waals surface area contributed by atoms with Crippen LogP contribution in [0.4, 0.5) is 20.5 Å². The van der Waals surface area contributed by atoms with E-state index in [9.17, 15) is 18.7 Å². The fourth-order valence-corrected chi connectivity index (χ4v) is 4.54. The van der Waals surface area contributed by atoms with E-state index in [1.807, 2.05) is 11.8 Å². The highest BCUT2D eigenvalue weighted by Crippen LogP contribution is 2.54. The summed E-state index contributed by atoms with van der Waals surface area (Å²) in [6.07, 6.45) is -0.348. The number of aliphatic carboxylic acids is 1. The zero-order valence-corrected chi connectivity index (χ0v) is 15.6. The summed E-state index contributed by atoms with van der Waals surface area (Å²) in [5.74, 6) is -2.43. The summed E-state index contributed by atoms with van der Waals surface area (Å²) in [5.41, 5.74) is 0.0646. The Morgan fingerprint density at radius 3 is 2.37 bits per heavy atom. The minimum atomic E-state index is -3.10. The van der Waals surface area contributed by atoms with Crippen molar-refractivity contribution in [3.05, 3.63) is 11.3 Å². The number of alkyl halides is 2. The van der Waals surface area contributed by atoms with Crippen LogP contribution in [0.15, 0.2) is 0 Å². The highest BCUT2D eigenvalue weighted by molar-refractivity contribution is 5.68. The Morgan fingerprint density at radius 1 is 1.26 bits per heavy atom. The Labute approximate surface area is 156 Å². The van der Waals surface area contributed by atoms with Gasteiger partial charge < -0.3 is 20.0 Å². The van der Waals surface area contributed by atoms with Gasteiger partial charge in [-0.1, -0.05) is 0 Å². The number of aliphatic hydroxyl groups is 1. The second-order valence-corrected chi connectivity index (χ2v) is 8.16. The third kappa shape index (κ3) is 3.01. The number of aliphatic hydroxyl groups excluding tert-OH is 1. The zero-order valence-electron chi connectivity index (χ0n) is 15.6. The number of fused-ring (bicyclic) bond motifs is 1. The van der Waals surface area contributed by atoms with Crippen molar-refractivity contribution in [2.45, 2.75) is 45.3 Å². The van der Waals surface area contributed by atoms with Crippen molar-refractivity contribution < 1.29 is 23.8 Å².